The van der Waals surface area contributed by atoms with Crippen molar-refractivity contribution in [2.75, 3.05) is 39.6 Å². The SMILES string of the molecule is CC/C=C\C/C=C\C/C=C\C/C=C\CCCCCCCCC(=O)OCC(COP(=O)(O)OCC(O)COP(=O)(O)OCC(COC(=O)CCCCCCCC/C=C\C/C=C\C/C=C\CCCCC)OC(=O)CCCCCCC/C=C\CCCC)OC(=O)CCCCCCC/C=C\CCCCCCCC. The van der Waals surface area contributed by atoms with E-state index in [1.807, 2.05) is 0 Å². The van der Waals surface area contributed by atoms with Crippen LogP contribution in [0.25, 0.3) is 0 Å². The molecule has 0 radical (unpaired) electrons. The maximum Gasteiger partial charge on any atom is 0.472 e. The van der Waals surface area contributed by atoms with Gasteiger partial charge in [0.15, 0.2) is 12.2 Å². The van der Waals surface area contributed by atoms with Crippen LogP contribution < -0.4 is 0 Å². The first-order valence-corrected chi connectivity index (χ1v) is 44.1. The molecule has 0 aromatic heterocycles. The van der Waals surface area contributed by atoms with Crippen molar-refractivity contribution < 1.29 is 80.2 Å². The van der Waals surface area contributed by atoms with Gasteiger partial charge in [-0.2, -0.15) is 0 Å². The molecule has 0 aliphatic carbocycles. The normalized spacial score (nSPS) is 14.4. The predicted molar refractivity (Wildman–Crippen MR) is 427 cm³/mol. The fourth-order valence-electron chi connectivity index (χ4n) is 10.9. The number of hydrogen-bond acceptors (Lipinski definition) is 15. The fourth-order valence-corrected chi connectivity index (χ4v) is 12.5. The van der Waals surface area contributed by atoms with E-state index in [9.17, 15) is 43.2 Å². The van der Waals surface area contributed by atoms with Gasteiger partial charge in [-0.05, 0) is 148 Å². The smallest absolute Gasteiger partial charge is 0.462 e. The summed E-state index contributed by atoms with van der Waals surface area (Å²) in [6.07, 6.45) is 83.5. The van der Waals surface area contributed by atoms with Crippen molar-refractivity contribution in [3.05, 3.63) is 109 Å². The molecular weight excluding hydrogens is 1350 g/mol. The first-order chi connectivity index (χ1) is 50.7. The second-order valence-electron chi connectivity index (χ2n) is 27.3. The van der Waals surface area contributed by atoms with Crippen molar-refractivity contribution in [1.29, 1.82) is 0 Å². The summed E-state index contributed by atoms with van der Waals surface area (Å²) in [5.41, 5.74) is 0. The van der Waals surface area contributed by atoms with E-state index in [0.717, 1.165) is 199 Å². The van der Waals surface area contributed by atoms with Crippen molar-refractivity contribution in [3.63, 3.8) is 0 Å². The molecular formula is C85H148O17P2. The van der Waals surface area contributed by atoms with Gasteiger partial charge in [-0.25, -0.2) is 9.13 Å². The summed E-state index contributed by atoms with van der Waals surface area (Å²) in [7, 11) is -9.97. The van der Waals surface area contributed by atoms with E-state index < -0.39 is 97.5 Å². The molecule has 0 saturated heterocycles. The van der Waals surface area contributed by atoms with Crippen molar-refractivity contribution >= 4 is 39.5 Å². The van der Waals surface area contributed by atoms with E-state index in [2.05, 4.69) is 137 Å². The van der Waals surface area contributed by atoms with Crippen molar-refractivity contribution in [3.8, 4) is 0 Å². The molecule has 0 bridgehead atoms. The zero-order valence-electron chi connectivity index (χ0n) is 65.7. The van der Waals surface area contributed by atoms with Crippen LogP contribution >= 0.6 is 15.6 Å². The molecule has 0 aromatic rings. The van der Waals surface area contributed by atoms with Crippen molar-refractivity contribution in [2.24, 2.45) is 0 Å². The summed E-state index contributed by atoms with van der Waals surface area (Å²) in [6, 6.07) is 0. The van der Waals surface area contributed by atoms with E-state index in [-0.39, 0.29) is 25.7 Å². The van der Waals surface area contributed by atoms with Crippen molar-refractivity contribution in [2.45, 2.75) is 367 Å². The number of ether oxygens (including phenoxy) is 4. The minimum absolute atomic E-state index is 0.0809. The third kappa shape index (κ3) is 75.9. The van der Waals surface area contributed by atoms with Crippen LogP contribution in [0.15, 0.2) is 109 Å². The Morgan fingerprint density at radius 3 is 0.827 bits per heavy atom. The second kappa shape index (κ2) is 76.9. The van der Waals surface area contributed by atoms with Crippen molar-refractivity contribution in [1.82, 2.24) is 0 Å². The van der Waals surface area contributed by atoms with E-state index >= 15 is 0 Å². The maximum absolute atomic E-state index is 13.1. The fraction of sp³-hybridized carbons (Fsp3) is 0.741. The summed E-state index contributed by atoms with van der Waals surface area (Å²) < 4.78 is 68.6. The van der Waals surface area contributed by atoms with Crippen LogP contribution in [0.2, 0.25) is 0 Å². The number of unbranched alkanes of at least 4 members (excludes halogenated alkanes) is 33. The molecule has 5 unspecified atom stereocenters. The number of allylic oxidation sites excluding steroid dienone is 18. The minimum atomic E-state index is -4.98. The van der Waals surface area contributed by atoms with E-state index in [4.69, 9.17) is 37.0 Å². The lowest BCUT2D eigenvalue weighted by molar-refractivity contribution is -0.161. The van der Waals surface area contributed by atoms with Crippen LogP contribution in [-0.4, -0.2) is 96.7 Å². The predicted octanol–water partition coefficient (Wildman–Crippen LogP) is 24.1. The number of phosphoric acid groups is 2. The number of carbonyl (C=O) groups is 4. The molecule has 17 nitrogen and oxygen atoms in total. The molecule has 0 rings (SSSR count). The molecule has 0 saturated carbocycles. The van der Waals surface area contributed by atoms with Gasteiger partial charge in [0.05, 0.1) is 26.4 Å². The average molecular weight is 1500 g/mol. The standard InChI is InChI=1S/C85H148O17P2/c1-5-9-13-17-21-25-29-32-35-37-39-41-44-46-50-53-57-61-65-69-82(87)95-75-80(101-84(89)71-67-63-59-55-49-28-24-20-16-12-8-4)77-99-103(91,92)97-73-79(86)74-98-104(93,94)100-78-81(102-85(90)72-68-64-60-56-52-48-43-34-31-27-23-19-15-11-7-3)76-96-83(88)70-66-62-58-54-51-47-45-42-40-38-36-33-30-26-22-18-14-10-6-2/h10,14,20-22,24-26,32-36,39-43,79-81,86H,5-9,11-13,15-19,23,27-31,37-38,44-78H2,1-4H3,(H,91,92)(H,93,94)/b14-10-,24-20-,25-21-,26-22-,35-32-,36-33-,41-39-,42-40-,43-34-. The zero-order valence-corrected chi connectivity index (χ0v) is 67.5. The quantitative estimate of drug-likeness (QED) is 0.0169. The molecule has 0 fully saturated rings. The highest BCUT2D eigenvalue weighted by atomic mass is 31.2. The topological polar surface area (TPSA) is 237 Å². The van der Waals surface area contributed by atoms with Crippen LogP contribution in [0.4, 0.5) is 0 Å². The minimum Gasteiger partial charge on any atom is -0.462 e. The summed E-state index contributed by atoms with van der Waals surface area (Å²) in [6.45, 7) is 4.68. The molecule has 600 valence electrons. The highest BCUT2D eigenvalue weighted by molar-refractivity contribution is 7.47. The molecule has 3 N–H and O–H groups in total. The Balaban J connectivity index is 5.33. The highest BCUT2D eigenvalue weighted by Crippen LogP contribution is 2.45. The number of esters is 4. The number of phosphoric ester groups is 2. The lowest BCUT2D eigenvalue weighted by Gasteiger charge is -2.21. The molecule has 0 aliphatic rings. The van der Waals surface area contributed by atoms with Crippen LogP contribution in [0, 0.1) is 0 Å². The van der Waals surface area contributed by atoms with Gasteiger partial charge >= 0.3 is 39.5 Å². The zero-order chi connectivity index (χ0) is 76.0. The largest absolute Gasteiger partial charge is 0.472 e. The van der Waals surface area contributed by atoms with E-state index in [1.165, 1.54) is 70.6 Å². The van der Waals surface area contributed by atoms with Crippen LogP contribution in [0.5, 0.6) is 0 Å². The monoisotopic (exact) mass is 1500 g/mol. The Morgan fingerprint density at radius 1 is 0.279 bits per heavy atom. The van der Waals surface area contributed by atoms with Crippen LogP contribution in [-0.2, 0) is 65.4 Å². The third-order valence-corrected chi connectivity index (χ3v) is 19.1. The van der Waals surface area contributed by atoms with Gasteiger partial charge in [0.25, 0.3) is 0 Å². The molecule has 19 heteroatoms. The lowest BCUT2D eigenvalue weighted by Crippen LogP contribution is -2.30. The van der Waals surface area contributed by atoms with Gasteiger partial charge in [0, 0.05) is 25.7 Å². The Hall–Kier alpha value is -4.28. The Kier molecular flexibility index (Phi) is 73.7. The van der Waals surface area contributed by atoms with Gasteiger partial charge in [-0.15, -0.1) is 0 Å². The Morgan fingerprint density at radius 2 is 0.510 bits per heavy atom. The molecule has 0 heterocycles. The number of hydrogen-bond donors (Lipinski definition) is 3. The second-order valence-corrected chi connectivity index (χ2v) is 30.2. The van der Waals surface area contributed by atoms with Gasteiger partial charge in [0.1, 0.15) is 19.3 Å². The molecule has 0 aliphatic heterocycles. The van der Waals surface area contributed by atoms with Crippen LogP contribution in [0.1, 0.15) is 349 Å². The molecule has 0 amide bonds. The van der Waals surface area contributed by atoms with Gasteiger partial charge in [-0.3, -0.25) is 37.3 Å². The number of aliphatic hydroxyl groups excluding tert-OH is 1. The first kappa shape index (κ1) is 99.7. The number of carbonyl (C=O) groups excluding carboxylic acids is 4. The molecule has 0 aromatic carbocycles. The molecule has 0 spiro atoms. The first-order valence-electron chi connectivity index (χ1n) is 41.1. The summed E-state index contributed by atoms with van der Waals surface area (Å²) in [4.78, 5) is 73.0. The van der Waals surface area contributed by atoms with E-state index in [1.54, 1.807) is 0 Å². The third-order valence-electron chi connectivity index (χ3n) is 17.2. The summed E-state index contributed by atoms with van der Waals surface area (Å²) in [5.74, 6) is -2.21. The van der Waals surface area contributed by atoms with Gasteiger partial charge in [-0.1, -0.05) is 285 Å². The van der Waals surface area contributed by atoms with E-state index in [0.29, 0.717) is 25.7 Å². The Labute approximate surface area is 632 Å². The molecule has 5 atom stereocenters. The summed E-state index contributed by atoms with van der Waals surface area (Å²) in [5, 5.41) is 10.6. The number of aliphatic hydroxyl groups is 1. The molecule has 104 heavy (non-hydrogen) atoms. The number of rotatable bonds is 77. The van der Waals surface area contributed by atoms with Gasteiger partial charge < -0.3 is 33.8 Å². The van der Waals surface area contributed by atoms with Crippen LogP contribution in [0.3, 0.4) is 0 Å². The lowest BCUT2D eigenvalue weighted by atomic mass is 10.1. The maximum atomic E-state index is 13.1. The van der Waals surface area contributed by atoms with Gasteiger partial charge in [0.2, 0.25) is 0 Å². The average Bonchev–Trinajstić information content (AvgIpc) is 0.929. The highest BCUT2D eigenvalue weighted by Gasteiger charge is 2.30. The summed E-state index contributed by atoms with van der Waals surface area (Å²) >= 11 is 0. The Bertz CT molecular complexity index is 2390.